The van der Waals surface area contributed by atoms with Crippen molar-refractivity contribution in [3.63, 3.8) is 0 Å². The van der Waals surface area contributed by atoms with Crippen LogP contribution in [0.1, 0.15) is 18.1 Å². The molecule has 0 aliphatic rings. The Kier molecular flexibility index (Phi) is 5.88. The topological polar surface area (TPSA) is 67.4 Å². The monoisotopic (exact) mass is 312 g/mol. The molecule has 2 aromatic carbocycles. The van der Waals surface area contributed by atoms with Crippen LogP contribution in [0.2, 0.25) is 0 Å². The molecule has 2 rings (SSSR count). The third-order valence-electron chi connectivity index (χ3n) is 3.16. The van der Waals surface area contributed by atoms with E-state index in [9.17, 15) is 9.59 Å². The van der Waals surface area contributed by atoms with E-state index in [1.807, 2.05) is 36.4 Å². The van der Waals surface area contributed by atoms with Crippen LogP contribution in [0.5, 0.6) is 0 Å². The van der Waals surface area contributed by atoms with Crippen molar-refractivity contribution in [3.8, 4) is 0 Å². The van der Waals surface area contributed by atoms with Gasteiger partial charge in [0.15, 0.2) is 0 Å². The highest BCUT2D eigenvalue weighted by Crippen LogP contribution is 2.13. The Morgan fingerprint density at radius 2 is 1.70 bits per heavy atom. The summed E-state index contributed by atoms with van der Waals surface area (Å²) in [5.41, 5.74) is 3.35. The van der Waals surface area contributed by atoms with Gasteiger partial charge in [0.25, 0.3) is 0 Å². The number of ether oxygens (including phenoxy) is 1. The lowest BCUT2D eigenvalue weighted by Crippen LogP contribution is -2.14. The molecule has 0 saturated carbocycles. The van der Waals surface area contributed by atoms with Crippen LogP contribution in [0.15, 0.2) is 48.5 Å². The van der Waals surface area contributed by atoms with Crippen LogP contribution in [0, 0.1) is 0 Å². The predicted octanol–water partition coefficient (Wildman–Crippen LogP) is 2.97. The standard InChI is InChI=1S/C18H20N2O3/c1-13(21)19-16-8-6-14(7-9-16)11-18(22)20-17-5-3-4-15(10-17)12-23-2/h3-10H,11-12H2,1-2H3,(H,19,21)(H,20,22). The van der Waals surface area contributed by atoms with Crippen LogP contribution in [0.3, 0.4) is 0 Å². The number of hydrogen-bond acceptors (Lipinski definition) is 3. The number of benzene rings is 2. The summed E-state index contributed by atoms with van der Waals surface area (Å²) in [6.07, 6.45) is 0.273. The zero-order valence-corrected chi connectivity index (χ0v) is 13.3. The molecule has 0 aliphatic carbocycles. The average molecular weight is 312 g/mol. The van der Waals surface area contributed by atoms with E-state index < -0.39 is 0 Å². The van der Waals surface area contributed by atoms with E-state index in [1.165, 1.54) is 6.92 Å². The van der Waals surface area contributed by atoms with Crippen molar-refractivity contribution in [3.05, 3.63) is 59.7 Å². The normalized spacial score (nSPS) is 10.2. The minimum Gasteiger partial charge on any atom is -0.380 e. The highest BCUT2D eigenvalue weighted by Gasteiger charge is 2.05. The Balaban J connectivity index is 1.94. The highest BCUT2D eigenvalue weighted by atomic mass is 16.5. The van der Waals surface area contributed by atoms with Gasteiger partial charge in [-0.05, 0) is 35.4 Å². The first-order valence-electron chi connectivity index (χ1n) is 7.31. The molecule has 0 unspecified atom stereocenters. The maximum Gasteiger partial charge on any atom is 0.228 e. The third kappa shape index (κ3) is 5.56. The lowest BCUT2D eigenvalue weighted by molar-refractivity contribution is -0.116. The Labute approximate surface area is 135 Å². The van der Waals surface area contributed by atoms with Crippen LogP contribution in [-0.4, -0.2) is 18.9 Å². The van der Waals surface area contributed by atoms with Gasteiger partial charge in [-0.25, -0.2) is 0 Å². The largest absolute Gasteiger partial charge is 0.380 e. The molecule has 2 aromatic rings. The molecule has 23 heavy (non-hydrogen) atoms. The molecule has 120 valence electrons. The zero-order valence-electron chi connectivity index (χ0n) is 13.3. The maximum atomic E-state index is 12.1. The minimum atomic E-state index is -0.119. The fraction of sp³-hybridized carbons (Fsp3) is 0.222. The number of anilines is 2. The van der Waals surface area contributed by atoms with Gasteiger partial charge in [-0.1, -0.05) is 24.3 Å². The van der Waals surface area contributed by atoms with Gasteiger partial charge in [-0.15, -0.1) is 0 Å². The van der Waals surface area contributed by atoms with Gasteiger partial charge in [0.05, 0.1) is 13.0 Å². The lowest BCUT2D eigenvalue weighted by atomic mass is 10.1. The second-order valence-electron chi connectivity index (χ2n) is 5.24. The summed E-state index contributed by atoms with van der Waals surface area (Å²) < 4.78 is 5.08. The van der Waals surface area contributed by atoms with Crippen molar-refractivity contribution in [2.45, 2.75) is 20.0 Å². The molecular weight excluding hydrogens is 292 g/mol. The van der Waals surface area contributed by atoms with E-state index in [4.69, 9.17) is 4.74 Å². The Morgan fingerprint density at radius 3 is 2.35 bits per heavy atom. The molecule has 0 aromatic heterocycles. The molecule has 5 heteroatoms. The van der Waals surface area contributed by atoms with E-state index in [2.05, 4.69) is 10.6 Å². The van der Waals surface area contributed by atoms with E-state index >= 15 is 0 Å². The smallest absolute Gasteiger partial charge is 0.228 e. The first-order chi connectivity index (χ1) is 11.1. The fourth-order valence-corrected chi connectivity index (χ4v) is 2.21. The van der Waals surface area contributed by atoms with Crippen LogP contribution < -0.4 is 10.6 Å². The molecule has 0 bridgehead atoms. The fourth-order valence-electron chi connectivity index (χ4n) is 2.21. The van der Waals surface area contributed by atoms with Crippen molar-refractivity contribution in [2.75, 3.05) is 17.7 Å². The van der Waals surface area contributed by atoms with Gasteiger partial charge in [-0.2, -0.15) is 0 Å². The van der Waals surface area contributed by atoms with Crippen molar-refractivity contribution in [1.29, 1.82) is 0 Å². The SMILES string of the molecule is COCc1cccc(NC(=O)Cc2ccc(NC(C)=O)cc2)c1. The molecular formula is C18H20N2O3. The van der Waals surface area contributed by atoms with E-state index in [0.717, 1.165) is 16.8 Å². The van der Waals surface area contributed by atoms with Crippen molar-refractivity contribution >= 4 is 23.2 Å². The van der Waals surface area contributed by atoms with E-state index in [-0.39, 0.29) is 18.2 Å². The van der Waals surface area contributed by atoms with Gasteiger partial charge in [0, 0.05) is 25.4 Å². The molecule has 0 saturated heterocycles. The number of amides is 2. The number of methoxy groups -OCH3 is 1. The first-order valence-corrected chi connectivity index (χ1v) is 7.31. The van der Waals surface area contributed by atoms with Gasteiger partial charge in [0.1, 0.15) is 0 Å². The predicted molar refractivity (Wildman–Crippen MR) is 90.2 cm³/mol. The number of nitrogens with one attached hydrogen (secondary N) is 2. The van der Waals surface area contributed by atoms with E-state index in [0.29, 0.717) is 12.3 Å². The van der Waals surface area contributed by atoms with Crippen molar-refractivity contribution in [1.82, 2.24) is 0 Å². The maximum absolute atomic E-state index is 12.1. The molecule has 2 N–H and O–H groups in total. The number of carbonyl (C=O) groups excluding carboxylic acids is 2. The lowest BCUT2D eigenvalue weighted by Gasteiger charge is -2.08. The average Bonchev–Trinajstić information content (AvgIpc) is 2.49. The molecule has 0 fully saturated rings. The summed E-state index contributed by atoms with van der Waals surface area (Å²) in [6.45, 7) is 1.97. The Bertz CT molecular complexity index is 681. The zero-order chi connectivity index (χ0) is 16.7. The van der Waals surface area contributed by atoms with Gasteiger partial charge in [0.2, 0.25) is 11.8 Å². The molecule has 0 radical (unpaired) electrons. The van der Waals surface area contributed by atoms with Gasteiger partial charge in [-0.3, -0.25) is 9.59 Å². The summed E-state index contributed by atoms with van der Waals surface area (Å²) in [4.78, 5) is 23.1. The number of rotatable bonds is 6. The van der Waals surface area contributed by atoms with Crippen LogP contribution in [0.4, 0.5) is 11.4 Å². The van der Waals surface area contributed by atoms with Crippen LogP contribution in [-0.2, 0) is 27.4 Å². The minimum absolute atomic E-state index is 0.0909. The summed E-state index contributed by atoms with van der Waals surface area (Å²) >= 11 is 0. The second kappa shape index (κ2) is 8.10. The number of carbonyl (C=O) groups is 2. The molecule has 0 spiro atoms. The van der Waals surface area contributed by atoms with Gasteiger partial charge >= 0.3 is 0 Å². The second-order valence-corrected chi connectivity index (χ2v) is 5.24. The van der Waals surface area contributed by atoms with E-state index in [1.54, 1.807) is 19.2 Å². The molecule has 0 aliphatic heterocycles. The third-order valence-corrected chi connectivity index (χ3v) is 3.16. The molecule has 5 nitrogen and oxygen atoms in total. The van der Waals surface area contributed by atoms with Crippen LogP contribution >= 0.6 is 0 Å². The Hall–Kier alpha value is -2.66. The highest BCUT2D eigenvalue weighted by molar-refractivity contribution is 5.92. The van der Waals surface area contributed by atoms with Crippen LogP contribution in [0.25, 0.3) is 0 Å². The molecule has 2 amide bonds. The van der Waals surface area contributed by atoms with Gasteiger partial charge < -0.3 is 15.4 Å². The van der Waals surface area contributed by atoms with Crippen molar-refractivity contribution in [2.24, 2.45) is 0 Å². The summed E-state index contributed by atoms with van der Waals surface area (Å²) in [7, 11) is 1.63. The summed E-state index contributed by atoms with van der Waals surface area (Å²) in [5, 5.41) is 5.56. The summed E-state index contributed by atoms with van der Waals surface area (Å²) in [6, 6.07) is 14.8. The van der Waals surface area contributed by atoms with Crippen molar-refractivity contribution < 1.29 is 14.3 Å². The Morgan fingerprint density at radius 1 is 0.957 bits per heavy atom. The molecule has 0 atom stereocenters. The number of hydrogen-bond donors (Lipinski definition) is 2. The first kappa shape index (κ1) is 16.7. The molecule has 0 heterocycles. The quantitative estimate of drug-likeness (QED) is 0.861. The summed E-state index contributed by atoms with van der Waals surface area (Å²) in [5.74, 6) is -0.210.